The van der Waals surface area contributed by atoms with E-state index in [9.17, 15) is 10.1 Å². The van der Waals surface area contributed by atoms with E-state index in [4.69, 9.17) is 4.98 Å². The van der Waals surface area contributed by atoms with Gasteiger partial charge in [-0.2, -0.15) is 0 Å². The summed E-state index contributed by atoms with van der Waals surface area (Å²) < 4.78 is 1.90. The highest BCUT2D eigenvalue weighted by Crippen LogP contribution is 2.32. The average molecular weight is 337 g/mol. The van der Waals surface area contributed by atoms with Crippen molar-refractivity contribution in [3.63, 3.8) is 0 Å². The Morgan fingerprint density at radius 3 is 2.60 bits per heavy atom. The predicted molar refractivity (Wildman–Crippen MR) is 96.0 cm³/mol. The first-order chi connectivity index (χ1) is 11.9. The number of benzene rings is 1. The fourth-order valence-electron chi connectivity index (χ4n) is 2.62. The lowest BCUT2D eigenvalue weighted by atomic mass is 10.1. The number of fused-ring (bicyclic) bond motifs is 1. The van der Waals surface area contributed by atoms with Gasteiger partial charge in [0.05, 0.1) is 16.3 Å². The maximum atomic E-state index is 11.0. The molecule has 0 radical (unpaired) electrons. The van der Waals surface area contributed by atoms with E-state index in [1.54, 1.807) is 6.07 Å². The van der Waals surface area contributed by atoms with Crippen molar-refractivity contribution in [2.75, 3.05) is 0 Å². The van der Waals surface area contributed by atoms with Gasteiger partial charge in [-0.25, -0.2) is 4.98 Å². The molecule has 0 bridgehead atoms. The maximum absolute atomic E-state index is 11.0. The molecule has 0 unspecified atom stereocenters. The number of rotatable bonds is 4. The SMILES string of the molecule is Cc1ccc([N+](=O)[O-])cc1N=Nc1c(C(C)C)nc2c(C)cccn12. The number of nitro groups is 1. The fraction of sp³-hybridized carbons (Fsp3) is 0.278. The number of imidazole rings is 1. The molecule has 0 atom stereocenters. The van der Waals surface area contributed by atoms with Gasteiger partial charge in [0, 0.05) is 18.3 Å². The van der Waals surface area contributed by atoms with E-state index in [0.29, 0.717) is 11.5 Å². The van der Waals surface area contributed by atoms with E-state index in [1.165, 1.54) is 12.1 Å². The zero-order chi connectivity index (χ0) is 18.1. The van der Waals surface area contributed by atoms with Gasteiger partial charge in [-0.3, -0.25) is 14.5 Å². The third-order valence-corrected chi connectivity index (χ3v) is 4.05. The number of aromatic nitrogens is 2. The van der Waals surface area contributed by atoms with Gasteiger partial charge in [-0.15, -0.1) is 10.2 Å². The first kappa shape index (κ1) is 16.8. The van der Waals surface area contributed by atoms with Crippen LogP contribution in [0.4, 0.5) is 17.2 Å². The smallest absolute Gasteiger partial charge is 0.271 e. The summed E-state index contributed by atoms with van der Waals surface area (Å²) in [5, 5.41) is 19.6. The number of hydrogen-bond donors (Lipinski definition) is 0. The Morgan fingerprint density at radius 1 is 1.16 bits per heavy atom. The van der Waals surface area contributed by atoms with Crippen LogP contribution in [0.1, 0.15) is 36.6 Å². The van der Waals surface area contributed by atoms with Gasteiger partial charge >= 0.3 is 0 Å². The first-order valence-electron chi connectivity index (χ1n) is 8.03. The molecule has 0 amide bonds. The number of azo groups is 1. The summed E-state index contributed by atoms with van der Waals surface area (Å²) in [6.07, 6.45) is 1.90. The van der Waals surface area contributed by atoms with Crippen molar-refractivity contribution in [3.05, 3.63) is 63.5 Å². The molecule has 25 heavy (non-hydrogen) atoms. The van der Waals surface area contributed by atoms with Crippen molar-refractivity contribution < 1.29 is 4.92 Å². The van der Waals surface area contributed by atoms with Crippen LogP contribution in [0.25, 0.3) is 5.65 Å². The van der Waals surface area contributed by atoms with Crippen LogP contribution < -0.4 is 0 Å². The van der Waals surface area contributed by atoms with Gasteiger partial charge in [-0.05, 0) is 37.0 Å². The molecule has 7 nitrogen and oxygen atoms in total. The molecule has 0 saturated heterocycles. The van der Waals surface area contributed by atoms with Crippen molar-refractivity contribution in [1.29, 1.82) is 0 Å². The Kier molecular flexibility index (Phi) is 4.31. The number of nitro benzene ring substituents is 1. The monoisotopic (exact) mass is 337 g/mol. The summed E-state index contributed by atoms with van der Waals surface area (Å²) in [4.78, 5) is 15.2. The van der Waals surface area contributed by atoms with Crippen LogP contribution in [0.2, 0.25) is 0 Å². The molecule has 1 aromatic carbocycles. The minimum absolute atomic E-state index is 0.00220. The highest BCUT2D eigenvalue weighted by atomic mass is 16.6. The molecule has 0 spiro atoms. The Bertz CT molecular complexity index is 989. The van der Waals surface area contributed by atoms with Gasteiger partial charge in [0.15, 0.2) is 5.82 Å². The second-order valence-electron chi connectivity index (χ2n) is 6.29. The summed E-state index contributed by atoms with van der Waals surface area (Å²) in [6, 6.07) is 8.51. The molecular weight excluding hydrogens is 318 g/mol. The number of aryl methyl sites for hydroxylation is 2. The summed E-state index contributed by atoms with van der Waals surface area (Å²) in [5.41, 5.74) is 4.05. The van der Waals surface area contributed by atoms with E-state index < -0.39 is 4.92 Å². The number of non-ortho nitro benzene ring substituents is 1. The molecule has 3 aromatic rings. The lowest BCUT2D eigenvalue weighted by Gasteiger charge is -2.03. The molecule has 3 rings (SSSR count). The van der Waals surface area contributed by atoms with Crippen molar-refractivity contribution in [3.8, 4) is 0 Å². The molecule has 128 valence electrons. The standard InChI is InChI=1S/C18H19N5O2/c1-11(2)16-18(22-9-5-6-13(4)17(22)19-16)21-20-15-10-14(23(24)25)8-7-12(15)3/h5-11H,1-4H3. The zero-order valence-electron chi connectivity index (χ0n) is 14.6. The third kappa shape index (κ3) is 3.13. The van der Waals surface area contributed by atoms with Crippen LogP contribution in [0.3, 0.4) is 0 Å². The summed E-state index contributed by atoms with van der Waals surface area (Å²) in [7, 11) is 0. The fourth-order valence-corrected chi connectivity index (χ4v) is 2.62. The Balaban J connectivity index is 2.13. The van der Waals surface area contributed by atoms with Crippen LogP contribution in [0.5, 0.6) is 0 Å². The van der Waals surface area contributed by atoms with E-state index in [2.05, 4.69) is 24.1 Å². The summed E-state index contributed by atoms with van der Waals surface area (Å²) in [5.74, 6) is 0.832. The third-order valence-electron chi connectivity index (χ3n) is 4.05. The number of pyridine rings is 1. The van der Waals surface area contributed by atoms with Crippen LogP contribution in [-0.2, 0) is 0 Å². The molecule has 0 N–H and O–H groups in total. The molecule has 2 aromatic heterocycles. The van der Waals surface area contributed by atoms with Crippen molar-refractivity contribution >= 4 is 22.8 Å². The molecule has 0 saturated carbocycles. The van der Waals surface area contributed by atoms with Gasteiger partial charge in [0.25, 0.3) is 5.69 Å². The maximum Gasteiger partial charge on any atom is 0.271 e. The number of hydrogen-bond acceptors (Lipinski definition) is 5. The Morgan fingerprint density at radius 2 is 1.92 bits per heavy atom. The normalized spacial score (nSPS) is 11.7. The van der Waals surface area contributed by atoms with Gasteiger partial charge in [0.1, 0.15) is 5.65 Å². The highest BCUT2D eigenvalue weighted by molar-refractivity contribution is 5.58. The predicted octanol–water partition coefficient (Wildman–Crippen LogP) is 5.40. The first-order valence-corrected chi connectivity index (χ1v) is 8.03. The molecule has 0 aliphatic rings. The zero-order valence-corrected chi connectivity index (χ0v) is 14.6. The topological polar surface area (TPSA) is 85.2 Å². The molecule has 0 fully saturated rings. The largest absolute Gasteiger partial charge is 0.283 e. The van der Waals surface area contributed by atoms with E-state index in [-0.39, 0.29) is 11.6 Å². The lowest BCUT2D eigenvalue weighted by molar-refractivity contribution is -0.384. The average Bonchev–Trinajstić information content (AvgIpc) is 2.94. The van der Waals surface area contributed by atoms with E-state index >= 15 is 0 Å². The van der Waals surface area contributed by atoms with Gasteiger partial charge in [-0.1, -0.05) is 26.0 Å². The quantitative estimate of drug-likeness (QED) is 0.363. The van der Waals surface area contributed by atoms with Crippen molar-refractivity contribution in [2.45, 2.75) is 33.6 Å². The van der Waals surface area contributed by atoms with Crippen LogP contribution in [0, 0.1) is 24.0 Å². The van der Waals surface area contributed by atoms with Crippen LogP contribution >= 0.6 is 0 Å². The second-order valence-corrected chi connectivity index (χ2v) is 6.29. The van der Waals surface area contributed by atoms with E-state index in [0.717, 1.165) is 22.5 Å². The summed E-state index contributed by atoms with van der Waals surface area (Å²) >= 11 is 0. The molecule has 0 aliphatic heterocycles. The van der Waals surface area contributed by atoms with Crippen molar-refractivity contribution in [2.24, 2.45) is 10.2 Å². The van der Waals surface area contributed by atoms with Crippen LogP contribution in [-0.4, -0.2) is 14.3 Å². The van der Waals surface area contributed by atoms with Gasteiger partial charge in [0.2, 0.25) is 0 Å². The minimum atomic E-state index is -0.435. The Hall–Kier alpha value is -3.09. The van der Waals surface area contributed by atoms with Crippen molar-refractivity contribution in [1.82, 2.24) is 9.38 Å². The highest BCUT2D eigenvalue weighted by Gasteiger charge is 2.16. The second kappa shape index (κ2) is 6.43. The molecule has 0 aliphatic carbocycles. The van der Waals surface area contributed by atoms with Crippen LogP contribution in [0.15, 0.2) is 46.8 Å². The van der Waals surface area contributed by atoms with Gasteiger partial charge < -0.3 is 0 Å². The summed E-state index contributed by atoms with van der Waals surface area (Å²) in [6.45, 7) is 7.95. The molecule has 2 heterocycles. The molecule has 7 heteroatoms. The molecular formula is C18H19N5O2. The minimum Gasteiger partial charge on any atom is -0.283 e. The van der Waals surface area contributed by atoms with E-state index in [1.807, 2.05) is 36.6 Å². The Labute approximate surface area is 145 Å². The lowest BCUT2D eigenvalue weighted by Crippen LogP contribution is -1.89. The number of nitrogens with zero attached hydrogens (tertiary/aromatic N) is 5.